The van der Waals surface area contributed by atoms with Crippen molar-refractivity contribution in [2.75, 3.05) is 0 Å². The molecule has 7 aromatic carbocycles. The summed E-state index contributed by atoms with van der Waals surface area (Å²) in [5.41, 5.74) is 8.45. The van der Waals surface area contributed by atoms with E-state index in [0.717, 1.165) is 43.9 Å². The molecule has 0 amide bonds. The molecule has 0 aliphatic carbocycles. The lowest BCUT2D eigenvalue weighted by Gasteiger charge is -2.17. The number of fused-ring (bicyclic) bond motifs is 8. The van der Waals surface area contributed by atoms with Gasteiger partial charge in [0.1, 0.15) is 22.3 Å². The summed E-state index contributed by atoms with van der Waals surface area (Å²) in [6, 6.07) is 47.3. The van der Waals surface area contributed by atoms with Crippen molar-refractivity contribution in [1.29, 1.82) is 0 Å². The fourth-order valence-electron chi connectivity index (χ4n) is 6.51. The summed E-state index contributed by atoms with van der Waals surface area (Å²) in [5.74, 6) is 0. The Morgan fingerprint density at radius 3 is 1.35 bits per heavy atom. The highest BCUT2D eigenvalue weighted by Gasteiger charge is 2.18. The van der Waals surface area contributed by atoms with Gasteiger partial charge in [0.15, 0.2) is 0 Å². The first-order valence-corrected chi connectivity index (χ1v) is 13.6. The van der Waals surface area contributed by atoms with E-state index in [2.05, 4.69) is 115 Å². The minimum atomic E-state index is 0.875. The Morgan fingerprint density at radius 2 is 0.725 bits per heavy atom. The maximum atomic E-state index is 6.38. The van der Waals surface area contributed by atoms with E-state index in [1.54, 1.807) is 0 Å². The van der Waals surface area contributed by atoms with Crippen molar-refractivity contribution >= 4 is 65.4 Å². The molecule has 0 unspecified atom stereocenters. The Balaban J connectivity index is 1.36. The average molecular weight is 511 g/mol. The summed E-state index contributed by atoms with van der Waals surface area (Å²) in [5, 5.41) is 9.34. The van der Waals surface area contributed by atoms with Crippen LogP contribution in [0.5, 0.6) is 0 Å². The van der Waals surface area contributed by atoms with E-state index in [-0.39, 0.29) is 0 Å². The second-order valence-corrected chi connectivity index (χ2v) is 10.5. The largest absolute Gasteiger partial charge is 0.456 e. The van der Waals surface area contributed by atoms with Gasteiger partial charge in [0, 0.05) is 21.5 Å². The Hall–Kier alpha value is -5.34. The number of hydrogen-bond acceptors (Lipinski definition) is 2. The molecule has 0 atom stereocenters. The fourth-order valence-corrected chi connectivity index (χ4v) is 6.51. The predicted octanol–water partition coefficient (Wildman–Crippen LogP) is 11.1. The number of rotatable bonds is 2. The zero-order valence-electron chi connectivity index (χ0n) is 21.5. The van der Waals surface area contributed by atoms with Crippen molar-refractivity contribution in [3.8, 4) is 22.3 Å². The quantitative estimate of drug-likeness (QED) is 0.216. The third-order valence-electron chi connectivity index (χ3n) is 8.25. The first-order chi connectivity index (χ1) is 19.8. The van der Waals surface area contributed by atoms with Crippen LogP contribution >= 0.6 is 0 Å². The molecular formula is C38H22O2. The monoisotopic (exact) mass is 510 g/mol. The fraction of sp³-hybridized carbons (Fsp3) is 0. The first kappa shape index (κ1) is 21.6. The molecule has 0 aliphatic heterocycles. The molecule has 0 saturated heterocycles. The Kier molecular flexibility index (Phi) is 4.36. The molecule has 2 aromatic heterocycles. The molecule has 0 spiro atoms. The number of hydrogen-bond donors (Lipinski definition) is 0. The summed E-state index contributed by atoms with van der Waals surface area (Å²) >= 11 is 0. The normalized spacial score (nSPS) is 12.0. The van der Waals surface area contributed by atoms with E-state index in [1.807, 2.05) is 18.2 Å². The van der Waals surface area contributed by atoms with Gasteiger partial charge in [-0.05, 0) is 74.1 Å². The van der Waals surface area contributed by atoms with E-state index in [0.29, 0.717) is 0 Å². The van der Waals surface area contributed by atoms with Crippen LogP contribution in [0.25, 0.3) is 87.7 Å². The molecule has 0 radical (unpaired) electrons. The average Bonchev–Trinajstić information content (AvgIpc) is 3.56. The summed E-state index contributed by atoms with van der Waals surface area (Å²) in [4.78, 5) is 0. The van der Waals surface area contributed by atoms with Gasteiger partial charge in [-0.25, -0.2) is 0 Å². The minimum Gasteiger partial charge on any atom is -0.456 e. The van der Waals surface area contributed by atoms with Crippen molar-refractivity contribution < 1.29 is 8.83 Å². The highest BCUT2D eigenvalue weighted by Crippen LogP contribution is 2.45. The van der Waals surface area contributed by atoms with Crippen LogP contribution in [-0.4, -0.2) is 0 Å². The van der Waals surface area contributed by atoms with Gasteiger partial charge in [0.25, 0.3) is 0 Å². The summed E-state index contributed by atoms with van der Waals surface area (Å²) < 4.78 is 12.6. The van der Waals surface area contributed by atoms with Crippen LogP contribution in [0.4, 0.5) is 0 Å². The molecule has 186 valence electrons. The third-order valence-corrected chi connectivity index (χ3v) is 8.25. The topological polar surface area (TPSA) is 26.3 Å². The van der Waals surface area contributed by atoms with E-state index < -0.39 is 0 Å². The van der Waals surface area contributed by atoms with E-state index in [1.165, 1.54) is 43.8 Å². The lowest BCUT2D eigenvalue weighted by molar-refractivity contribution is 0.664. The maximum Gasteiger partial charge on any atom is 0.136 e. The van der Waals surface area contributed by atoms with Gasteiger partial charge >= 0.3 is 0 Å². The van der Waals surface area contributed by atoms with Crippen molar-refractivity contribution in [3.05, 3.63) is 133 Å². The Labute approximate surface area is 229 Å². The Bertz CT molecular complexity index is 2370. The van der Waals surface area contributed by atoms with Crippen molar-refractivity contribution in [1.82, 2.24) is 0 Å². The molecule has 40 heavy (non-hydrogen) atoms. The number of para-hydroxylation sites is 1. The van der Waals surface area contributed by atoms with Crippen LogP contribution in [0.3, 0.4) is 0 Å². The molecule has 0 N–H and O–H groups in total. The molecule has 0 aliphatic rings. The lowest BCUT2D eigenvalue weighted by atomic mass is 9.86. The molecule has 2 nitrogen and oxygen atoms in total. The number of furan rings is 2. The van der Waals surface area contributed by atoms with Crippen LogP contribution in [0, 0.1) is 0 Å². The van der Waals surface area contributed by atoms with Crippen LogP contribution in [0.2, 0.25) is 0 Å². The highest BCUT2D eigenvalue weighted by molar-refractivity contribution is 6.22. The summed E-state index contributed by atoms with van der Waals surface area (Å²) in [7, 11) is 0. The van der Waals surface area contributed by atoms with Gasteiger partial charge in [-0.1, -0.05) is 103 Å². The molecular weight excluding hydrogens is 488 g/mol. The van der Waals surface area contributed by atoms with Crippen LogP contribution in [-0.2, 0) is 0 Å². The van der Waals surface area contributed by atoms with E-state index in [9.17, 15) is 0 Å². The smallest absolute Gasteiger partial charge is 0.136 e. The van der Waals surface area contributed by atoms with Gasteiger partial charge in [-0.3, -0.25) is 0 Å². The predicted molar refractivity (Wildman–Crippen MR) is 167 cm³/mol. The van der Waals surface area contributed by atoms with Crippen LogP contribution in [0.15, 0.2) is 142 Å². The van der Waals surface area contributed by atoms with Gasteiger partial charge in [0.05, 0.1) is 0 Å². The Morgan fingerprint density at radius 1 is 0.275 bits per heavy atom. The van der Waals surface area contributed by atoms with Crippen molar-refractivity contribution in [2.24, 2.45) is 0 Å². The minimum absolute atomic E-state index is 0.875. The standard InChI is InChI=1S/C38H22O2/c1-2-10-23(11-3-1)37-26-13-4-6-15-28(26)38(29-16-7-5-14-27(29)37)24-18-19-34-30(20-24)32-22-35-31(21-36(32)40-34)25-12-8-9-17-33(25)39-35/h1-22H. The zero-order chi connectivity index (χ0) is 26.2. The molecule has 0 bridgehead atoms. The van der Waals surface area contributed by atoms with Gasteiger partial charge in [-0.15, -0.1) is 0 Å². The van der Waals surface area contributed by atoms with Crippen LogP contribution < -0.4 is 0 Å². The van der Waals surface area contributed by atoms with Crippen molar-refractivity contribution in [3.63, 3.8) is 0 Å². The molecule has 0 fully saturated rings. The molecule has 9 aromatic rings. The maximum absolute atomic E-state index is 6.38. The summed E-state index contributed by atoms with van der Waals surface area (Å²) in [6.07, 6.45) is 0. The second kappa shape index (κ2) is 8.08. The number of benzene rings is 7. The lowest BCUT2D eigenvalue weighted by Crippen LogP contribution is -1.90. The molecule has 0 saturated carbocycles. The van der Waals surface area contributed by atoms with Crippen LogP contribution in [0.1, 0.15) is 0 Å². The zero-order valence-corrected chi connectivity index (χ0v) is 21.5. The van der Waals surface area contributed by atoms with Gasteiger partial charge in [0.2, 0.25) is 0 Å². The summed E-state index contributed by atoms with van der Waals surface area (Å²) in [6.45, 7) is 0. The first-order valence-electron chi connectivity index (χ1n) is 13.6. The van der Waals surface area contributed by atoms with E-state index in [4.69, 9.17) is 8.83 Å². The molecule has 2 heteroatoms. The van der Waals surface area contributed by atoms with Gasteiger partial charge in [-0.2, -0.15) is 0 Å². The van der Waals surface area contributed by atoms with Gasteiger partial charge < -0.3 is 8.83 Å². The highest BCUT2D eigenvalue weighted by atomic mass is 16.3. The third kappa shape index (κ3) is 2.99. The molecule has 2 heterocycles. The van der Waals surface area contributed by atoms with E-state index >= 15 is 0 Å². The molecule has 9 rings (SSSR count). The SMILES string of the molecule is c1ccc(-c2c3ccccc3c(-c3ccc4oc5cc6c(cc5c4c3)oc3ccccc36)c3ccccc23)cc1. The van der Waals surface area contributed by atoms with Crippen molar-refractivity contribution in [2.45, 2.75) is 0 Å². The second-order valence-electron chi connectivity index (χ2n) is 10.5.